The fraction of sp³-hybridized carbons (Fsp3) is 0.278. The van der Waals surface area contributed by atoms with Crippen molar-refractivity contribution in [2.45, 2.75) is 19.4 Å². The van der Waals surface area contributed by atoms with Crippen molar-refractivity contribution in [1.29, 1.82) is 0 Å². The van der Waals surface area contributed by atoms with Gasteiger partial charge in [0.05, 0.1) is 23.8 Å². The van der Waals surface area contributed by atoms with Crippen molar-refractivity contribution in [2.75, 3.05) is 16.7 Å². The first-order chi connectivity index (χ1) is 13.1. The summed E-state index contributed by atoms with van der Waals surface area (Å²) in [6.07, 6.45) is 1.28. The Balaban J connectivity index is 1.97. The number of rotatable bonds is 6. The van der Waals surface area contributed by atoms with Crippen LogP contribution >= 0.6 is 0 Å². The third kappa shape index (κ3) is 4.50. The second-order valence-electron chi connectivity index (χ2n) is 6.44. The average molecular weight is 426 g/mol. The van der Waals surface area contributed by atoms with Gasteiger partial charge in [0.1, 0.15) is 5.82 Å². The van der Waals surface area contributed by atoms with E-state index < -0.39 is 31.9 Å². The molecule has 10 heteroatoms. The van der Waals surface area contributed by atoms with Crippen molar-refractivity contribution in [3.05, 3.63) is 65.5 Å². The molecule has 3 rings (SSSR count). The van der Waals surface area contributed by atoms with Gasteiger partial charge in [-0.15, -0.1) is 0 Å². The Bertz CT molecular complexity index is 1130. The van der Waals surface area contributed by atoms with Gasteiger partial charge >= 0.3 is 0 Å². The molecule has 2 aromatic rings. The van der Waals surface area contributed by atoms with Crippen LogP contribution in [-0.4, -0.2) is 39.0 Å². The Morgan fingerprint density at radius 3 is 2.50 bits per heavy atom. The van der Waals surface area contributed by atoms with Crippen LogP contribution in [0.1, 0.15) is 30.5 Å². The first kappa shape index (κ1) is 20.3. The maximum Gasteiger partial charge on any atom is 0.247 e. The van der Waals surface area contributed by atoms with E-state index in [1.165, 1.54) is 25.1 Å². The molecule has 0 spiro atoms. The highest BCUT2D eigenvalue weighted by atomic mass is 32.2. The third-order valence-corrected chi connectivity index (χ3v) is 6.62. The molecule has 0 radical (unpaired) electrons. The largest absolute Gasteiger partial charge is 0.284 e. The van der Waals surface area contributed by atoms with E-state index in [1.807, 2.05) is 0 Å². The number of hydrogen-bond acceptors (Lipinski definition) is 5. The summed E-state index contributed by atoms with van der Waals surface area (Å²) in [6, 6.07) is 11.6. The number of benzene rings is 2. The molecule has 0 fully saturated rings. The van der Waals surface area contributed by atoms with E-state index in [-0.39, 0.29) is 12.2 Å². The molecule has 28 heavy (non-hydrogen) atoms. The van der Waals surface area contributed by atoms with Gasteiger partial charge in [-0.2, -0.15) is 9.52 Å². The van der Waals surface area contributed by atoms with Gasteiger partial charge in [0.25, 0.3) is 0 Å². The lowest BCUT2D eigenvalue weighted by Crippen LogP contribution is -2.26. The normalized spacial score (nSPS) is 17.5. The van der Waals surface area contributed by atoms with E-state index in [9.17, 15) is 21.2 Å². The van der Waals surface area contributed by atoms with Crippen molar-refractivity contribution in [1.82, 2.24) is 4.41 Å². The second-order valence-corrected chi connectivity index (χ2v) is 10.3. The third-order valence-electron chi connectivity index (χ3n) is 4.30. The highest BCUT2D eigenvalue weighted by Crippen LogP contribution is 2.35. The molecule has 1 atom stereocenters. The predicted octanol–water partition coefficient (Wildman–Crippen LogP) is 2.70. The number of sulfonamides is 2. The number of halogens is 1. The molecule has 1 aliphatic rings. The fourth-order valence-electron chi connectivity index (χ4n) is 2.94. The number of hydrazone groups is 1. The molecular formula is C18H20FN3O4S2. The van der Waals surface area contributed by atoms with E-state index in [2.05, 4.69) is 9.82 Å². The minimum Gasteiger partial charge on any atom is -0.284 e. The van der Waals surface area contributed by atoms with Gasteiger partial charge in [0, 0.05) is 12.1 Å². The number of nitrogens with one attached hydrogen (secondary N) is 1. The first-order valence-corrected chi connectivity index (χ1v) is 12.0. The molecular weight excluding hydrogens is 405 g/mol. The van der Waals surface area contributed by atoms with Gasteiger partial charge in [-0.3, -0.25) is 4.72 Å². The molecule has 1 aliphatic heterocycles. The van der Waals surface area contributed by atoms with Crippen LogP contribution in [0.4, 0.5) is 10.1 Å². The zero-order valence-corrected chi connectivity index (χ0v) is 17.0. The Hall–Kier alpha value is -2.46. The van der Waals surface area contributed by atoms with Gasteiger partial charge in [0.15, 0.2) is 0 Å². The molecule has 0 saturated heterocycles. The van der Waals surface area contributed by atoms with Crippen LogP contribution in [0.15, 0.2) is 53.6 Å². The number of nitrogens with zero attached hydrogens (tertiary/aromatic N) is 2. The molecule has 0 bridgehead atoms. The summed E-state index contributed by atoms with van der Waals surface area (Å²) in [5, 5.41) is 4.24. The Kier molecular flexibility index (Phi) is 5.44. The van der Waals surface area contributed by atoms with Crippen molar-refractivity contribution in [2.24, 2.45) is 5.10 Å². The summed E-state index contributed by atoms with van der Waals surface area (Å²) < 4.78 is 65.1. The van der Waals surface area contributed by atoms with Gasteiger partial charge in [-0.25, -0.2) is 21.2 Å². The maximum absolute atomic E-state index is 13.6. The smallest absolute Gasteiger partial charge is 0.247 e. The van der Waals surface area contributed by atoms with E-state index in [1.54, 1.807) is 30.3 Å². The Morgan fingerprint density at radius 2 is 1.86 bits per heavy atom. The van der Waals surface area contributed by atoms with Gasteiger partial charge in [0.2, 0.25) is 20.0 Å². The second kappa shape index (κ2) is 7.51. The van der Waals surface area contributed by atoms with Crippen molar-refractivity contribution < 1.29 is 21.2 Å². The molecule has 150 valence electrons. The van der Waals surface area contributed by atoms with Gasteiger partial charge in [-0.05, 0) is 42.3 Å². The summed E-state index contributed by atoms with van der Waals surface area (Å²) >= 11 is 0. The fourth-order valence-corrected chi connectivity index (χ4v) is 4.48. The summed E-state index contributed by atoms with van der Waals surface area (Å²) in [6.45, 7) is 1.53. The van der Waals surface area contributed by atoms with Crippen molar-refractivity contribution in [3.63, 3.8) is 0 Å². The highest BCUT2D eigenvalue weighted by Gasteiger charge is 2.34. The lowest BCUT2D eigenvalue weighted by Gasteiger charge is -2.21. The van der Waals surface area contributed by atoms with Crippen LogP contribution < -0.4 is 4.72 Å². The van der Waals surface area contributed by atoms with Crippen LogP contribution in [0.2, 0.25) is 0 Å². The van der Waals surface area contributed by atoms with E-state index >= 15 is 0 Å². The van der Waals surface area contributed by atoms with Crippen molar-refractivity contribution >= 4 is 31.4 Å². The van der Waals surface area contributed by atoms with Crippen LogP contribution in [0, 0.1) is 5.82 Å². The lowest BCUT2D eigenvalue weighted by molar-refractivity contribution is 0.373. The minimum atomic E-state index is -3.68. The maximum atomic E-state index is 13.6. The van der Waals surface area contributed by atoms with E-state index in [4.69, 9.17) is 0 Å². The minimum absolute atomic E-state index is 0.0678. The summed E-state index contributed by atoms with van der Waals surface area (Å²) in [5.74, 6) is -0.530. The summed E-state index contributed by atoms with van der Waals surface area (Å²) in [4.78, 5) is 0. The topological polar surface area (TPSA) is 95.9 Å². The lowest BCUT2D eigenvalue weighted by atomic mass is 9.99. The highest BCUT2D eigenvalue weighted by molar-refractivity contribution is 7.92. The summed E-state index contributed by atoms with van der Waals surface area (Å²) in [7, 11) is -7.13. The van der Waals surface area contributed by atoms with Crippen LogP contribution in [-0.2, 0) is 20.0 Å². The molecule has 0 aromatic heterocycles. The van der Waals surface area contributed by atoms with Gasteiger partial charge in [-0.1, -0.05) is 24.3 Å². The van der Waals surface area contributed by atoms with E-state index in [0.717, 1.165) is 10.7 Å². The quantitative estimate of drug-likeness (QED) is 0.770. The van der Waals surface area contributed by atoms with Crippen LogP contribution in [0.3, 0.4) is 0 Å². The average Bonchev–Trinajstić information content (AvgIpc) is 3.07. The molecule has 0 aliphatic carbocycles. The Labute approximate surface area is 164 Å². The summed E-state index contributed by atoms with van der Waals surface area (Å²) in [5.41, 5.74) is 1.91. The molecule has 1 unspecified atom stereocenters. The molecule has 7 nitrogen and oxygen atoms in total. The molecule has 1 N–H and O–H groups in total. The van der Waals surface area contributed by atoms with Gasteiger partial charge < -0.3 is 0 Å². The standard InChI is InChI=1S/C18H20FN3O4S2/c1-3-28(25,26)21-16-9-5-6-13(11-16)17-12-18(22(20-17)27(2,23)24)14-7-4-8-15(19)10-14/h4-11,18,21H,3,12H2,1-2H3. The van der Waals surface area contributed by atoms with E-state index in [0.29, 0.717) is 22.5 Å². The molecule has 0 saturated carbocycles. The monoisotopic (exact) mass is 425 g/mol. The number of anilines is 1. The zero-order chi connectivity index (χ0) is 20.5. The SMILES string of the molecule is CCS(=O)(=O)Nc1cccc(C2=NN(S(C)(=O)=O)C(c3cccc(F)c3)C2)c1. The van der Waals surface area contributed by atoms with Crippen LogP contribution in [0.5, 0.6) is 0 Å². The zero-order valence-electron chi connectivity index (χ0n) is 15.3. The number of hydrogen-bond donors (Lipinski definition) is 1. The first-order valence-electron chi connectivity index (χ1n) is 8.52. The predicted molar refractivity (Wildman–Crippen MR) is 107 cm³/mol. The molecule has 2 aromatic carbocycles. The van der Waals surface area contributed by atoms with Crippen molar-refractivity contribution in [3.8, 4) is 0 Å². The molecule has 1 heterocycles. The van der Waals surface area contributed by atoms with Crippen LogP contribution in [0.25, 0.3) is 0 Å². The molecule has 0 amide bonds. The Morgan fingerprint density at radius 1 is 1.14 bits per heavy atom.